The van der Waals surface area contributed by atoms with Gasteiger partial charge < -0.3 is 9.80 Å². The lowest BCUT2D eigenvalue weighted by atomic mass is 10.0. The molecule has 2 aliphatic heterocycles. The van der Waals surface area contributed by atoms with Gasteiger partial charge in [0, 0.05) is 47.8 Å². The third kappa shape index (κ3) is 5.30. The molecule has 2 aliphatic rings. The van der Waals surface area contributed by atoms with E-state index in [0.29, 0.717) is 41.4 Å². The monoisotopic (exact) mass is 473 g/mol. The number of anilines is 1. The maximum atomic E-state index is 15.1. The highest BCUT2D eigenvalue weighted by atomic mass is 32.2. The van der Waals surface area contributed by atoms with Crippen molar-refractivity contribution in [3.63, 3.8) is 0 Å². The summed E-state index contributed by atoms with van der Waals surface area (Å²) < 4.78 is 49.0. The van der Waals surface area contributed by atoms with Gasteiger partial charge in [-0.2, -0.15) is 10.2 Å². The second-order valence-corrected chi connectivity index (χ2v) is 11.1. The van der Waals surface area contributed by atoms with Crippen LogP contribution in [-0.4, -0.2) is 53.2 Å². The molecule has 1 N–H and O–H groups in total. The van der Waals surface area contributed by atoms with Crippen molar-refractivity contribution >= 4 is 32.4 Å². The van der Waals surface area contributed by atoms with Crippen molar-refractivity contribution in [2.45, 2.75) is 19.4 Å². The highest BCUT2D eigenvalue weighted by Gasteiger charge is 2.24. The maximum absolute atomic E-state index is 15.1. The minimum atomic E-state index is -2.67. The van der Waals surface area contributed by atoms with Crippen LogP contribution in [0.4, 0.5) is 18.9 Å². The molecule has 0 spiro atoms. The van der Waals surface area contributed by atoms with Crippen LogP contribution >= 0.6 is 0 Å². The van der Waals surface area contributed by atoms with E-state index >= 15 is 4.39 Å². The summed E-state index contributed by atoms with van der Waals surface area (Å²) in [5.41, 5.74) is 1.81. The van der Waals surface area contributed by atoms with Gasteiger partial charge in [-0.15, -0.1) is 9.41 Å². The summed E-state index contributed by atoms with van der Waals surface area (Å²) in [5, 5.41) is 7.31. The predicted octanol–water partition coefficient (Wildman–Crippen LogP) is 4.78. The van der Waals surface area contributed by atoms with Gasteiger partial charge in [-0.1, -0.05) is 42.8 Å². The Morgan fingerprint density at radius 2 is 1.82 bits per heavy atom. The molecule has 0 amide bonds. The van der Waals surface area contributed by atoms with Crippen LogP contribution in [0.25, 0.3) is 0 Å². The summed E-state index contributed by atoms with van der Waals surface area (Å²) in [6, 6.07) is 14.3. The van der Waals surface area contributed by atoms with E-state index < -0.39 is 21.7 Å². The quantitative estimate of drug-likeness (QED) is 0.589. The second kappa shape index (κ2) is 9.43. The molecule has 174 valence electrons. The molecule has 33 heavy (non-hydrogen) atoms. The van der Waals surface area contributed by atoms with Crippen LogP contribution in [0.2, 0.25) is 0 Å². The van der Waals surface area contributed by atoms with Gasteiger partial charge in [-0.25, -0.2) is 13.2 Å². The minimum Gasteiger partial charge on any atom is -0.357 e. The molecule has 0 aliphatic carbocycles. The number of rotatable bonds is 7. The van der Waals surface area contributed by atoms with E-state index in [4.69, 9.17) is 4.78 Å². The van der Waals surface area contributed by atoms with Crippen LogP contribution in [0.1, 0.15) is 17.5 Å². The first-order valence-corrected chi connectivity index (χ1v) is 12.7. The number of para-hydroxylation sites is 1. The van der Waals surface area contributed by atoms with Crippen molar-refractivity contribution in [2.75, 3.05) is 29.5 Å². The van der Waals surface area contributed by atoms with Crippen LogP contribution in [0.5, 0.6) is 0 Å². The first-order chi connectivity index (χ1) is 15.7. The fourth-order valence-corrected chi connectivity index (χ4v) is 5.17. The van der Waals surface area contributed by atoms with E-state index in [-0.39, 0.29) is 18.7 Å². The Morgan fingerprint density at radius 3 is 2.42 bits per heavy atom. The predicted molar refractivity (Wildman–Crippen MR) is 131 cm³/mol. The topological polar surface area (TPSA) is 55.1 Å². The third-order valence-corrected chi connectivity index (χ3v) is 7.79. The second-order valence-electron chi connectivity index (χ2n) is 8.20. The van der Waals surface area contributed by atoms with Crippen LogP contribution in [-0.2, 0) is 16.0 Å². The molecule has 9 heteroatoms. The molecule has 0 bridgehead atoms. The van der Waals surface area contributed by atoms with Crippen molar-refractivity contribution in [3.05, 3.63) is 77.9 Å². The van der Waals surface area contributed by atoms with Crippen LogP contribution < -0.4 is 4.90 Å². The van der Waals surface area contributed by atoms with Crippen molar-refractivity contribution in [3.8, 4) is 0 Å². The molecule has 1 fully saturated rings. The maximum Gasteiger partial charge on any atom is 0.278 e. The molecular formula is C24H26F3N5S. The normalized spacial score (nSPS) is 17.6. The van der Waals surface area contributed by atoms with Gasteiger partial charge in [0.25, 0.3) is 6.43 Å². The zero-order valence-corrected chi connectivity index (χ0v) is 19.0. The van der Waals surface area contributed by atoms with Gasteiger partial charge in [-0.05, 0) is 18.2 Å². The molecule has 2 heterocycles. The Balaban J connectivity index is 1.55. The fourth-order valence-electron chi connectivity index (χ4n) is 3.82. The van der Waals surface area contributed by atoms with Gasteiger partial charge in [-0.3, -0.25) is 4.78 Å². The zero-order valence-electron chi connectivity index (χ0n) is 18.2. The molecule has 0 unspecified atom stereocenters. The van der Waals surface area contributed by atoms with E-state index in [9.17, 15) is 8.78 Å². The molecule has 0 atom stereocenters. The molecule has 5 nitrogen and oxygen atoms in total. The average Bonchev–Trinajstić information content (AvgIpc) is 3.29. The van der Waals surface area contributed by atoms with Crippen LogP contribution in [0, 0.1) is 10.6 Å². The van der Waals surface area contributed by atoms with E-state index in [2.05, 4.69) is 27.6 Å². The smallest absolute Gasteiger partial charge is 0.278 e. The first-order valence-electron chi connectivity index (χ1n) is 10.6. The average molecular weight is 474 g/mol. The molecule has 1 saturated heterocycles. The number of nitrogens with zero attached hydrogens (tertiary/aromatic N) is 4. The van der Waals surface area contributed by atoms with Gasteiger partial charge in [0.2, 0.25) is 0 Å². The van der Waals surface area contributed by atoms with E-state index in [0.717, 1.165) is 11.5 Å². The number of benzene rings is 2. The van der Waals surface area contributed by atoms with Gasteiger partial charge in [0.05, 0.1) is 12.3 Å². The SMILES string of the molecule is C=C(N1CCS(=C)(=N)CC1)N(Cc1ccc(C2=NN=C(C(F)F)C2)cc1F)c1ccccc1. The number of nitrogens with one attached hydrogen (secondary N) is 1. The summed E-state index contributed by atoms with van der Waals surface area (Å²) >= 11 is 0. The van der Waals surface area contributed by atoms with Crippen molar-refractivity contribution in [1.82, 2.24) is 4.90 Å². The lowest BCUT2D eigenvalue weighted by Gasteiger charge is -2.39. The summed E-state index contributed by atoms with van der Waals surface area (Å²) in [4.78, 5) is 4.08. The van der Waals surface area contributed by atoms with E-state index in [1.54, 1.807) is 12.1 Å². The summed E-state index contributed by atoms with van der Waals surface area (Å²) in [6.07, 6.45) is -2.75. The lowest BCUT2D eigenvalue weighted by Crippen LogP contribution is -2.43. The van der Waals surface area contributed by atoms with Crippen molar-refractivity contribution in [1.29, 1.82) is 4.78 Å². The summed E-state index contributed by atoms with van der Waals surface area (Å²) in [7, 11) is -1.56. The van der Waals surface area contributed by atoms with E-state index in [1.807, 2.05) is 35.2 Å². The number of hydrogen-bond acceptors (Lipinski definition) is 5. The van der Waals surface area contributed by atoms with Crippen molar-refractivity contribution in [2.24, 2.45) is 10.2 Å². The summed E-state index contributed by atoms with van der Waals surface area (Å²) in [6.45, 7) is 5.92. The lowest BCUT2D eigenvalue weighted by molar-refractivity contribution is 0.224. The fraction of sp³-hybridized carbons (Fsp3) is 0.292. The first kappa shape index (κ1) is 23.1. The third-order valence-electron chi connectivity index (χ3n) is 5.86. The highest BCUT2D eigenvalue weighted by molar-refractivity contribution is 8.01. The molecular weight excluding hydrogens is 447 g/mol. The molecule has 4 rings (SSSR count). The molecule has 2 aromatic carbocycles. The Hall–Kier alpha value is -3.07. The van der Waals surface area contributed by atoms with Crippen LogP contribution in [0.3, 0.4) is 0 Å². The Kier molecular flexibility index (Phi) is 6.60. The standard InChI is InChI=1S/C24H26F3N5S/c1-17(31-10-12-33(2,28)13-11-31)32(20-6-4-3-5-7-20)16-19-9-8-18(14-21(19)25)22-15-23(24(26)27)30-29-22/h3-9,14,24,28H,1-2,10-13,15-16H2. The summed E-state index contributed by atoms with van der Waals surface area (Å²) in [5.74, 6) is 5.75. The zero-order chi connectivity index (χ0) is 23.6. The van der Waals surface area contributed by atoms with Gasteiger partial charge in [0.1, 0.15) is 17.3 Å². The molecule has 0 saturated carbocycles. The Labute approximate surface area is 192 Å². The highest BCUT2D eigenvalue weighted by Crippen LogP contribution is 2.26. The van der Waals surface area contributed by atoms with Crippen molar-refractivity contribution < 1.29 is 13.2 Å². The number of halogens is 3. The van der Waals surface area contributed by atoms with Gasteiger partial charge >= 0.3 is 0 Å². The van der Waals surface area contributed by atoms with Crippen LogP contribution in [0.15, 0.2) is 71.1 Å². The largest absolute Gasteiger partial charge is 0.357 e. The van der Waals surface area contributed by atoms with Gasteiger partial charge in [0.15, 0.2) is 0 Å². The van der Waals surface area contributed by atoms with E-state index in [1.165, 1.54) is 6.07 Å². The molecule has 2 aromatic rings. The molecule has 0 radical (unpaired) electrons. The number of alkyl halides is 2. The Bertz CT molecular complexity index is 1190. The molecule has 0 aromatic heterocycles. The Morgan fingerprint density at radius 1 is 1.12 bits per heavy atom. The minimum absolute atomic E-state index is 0.0792. The number of hydrogen-bond donors (Lipinski definition) is 1.